The molecule has 0 aliphatic heterocycles. The molecule has 2 amide bonds. The highest BCUT2D eigenvalue weighted by atomic mass is 16.5. The Hall–Kier alpha value is -2.37. The zero-order chi connectivity index (χ0) is 16.4. The highest BCUT2D eigenvalue weighted by molar-refractivity contribution is 6.00. The summed E-state index contributed by atoms with van der Waals surface area (Å²) in [6.45, 7) is 6.14. The van der Waals surface area contributed by atoms with Gasteiger partial charge in [-0.2, -0.15) is 5.10 Å². The third-order valence-corrected chi connectivity index (χ3v) is 2.72. The first kappa shape index (κ1) is 17.7. The third-order valence-electron chi connectivity index (χ3n) is 2.72. The van der Waals surface area contributed by atoms with Gasteiger partial charge in [-0.1, -0.05) is 19.1 Å². The maximum atomic E-state index is 11.6. The van der Waals surface area contributed by atoms with Crippen LogP contribution in [0.3, 0.4) is 0 Å². The van der Waals surface area contributed by atoms with Gasteiger partial charge in [0.25, 0.3) is 5.91 Å². The fraction of sp³-hybridized carbons (Fsp3) is 0.438. The minimum atomic E-state index is -0.366. The average Bonchev–Trinajstić information content (AvgIpc) is 2.49. The lowest BCUT2D eigenvalue weighted by atomic mass is 10.2. The lowest BCUT2D eigenvalue weighted by Gasteiger charge is -2.06. The molecule has 1 rings (SSSR count). The smallest absolute Gasteiger partial charge is 0.277 e. The zero-order valence-electron chi connectivity index (χ0n) is 13.3. The number of aryl methyl sites for hydroxylation is 1. The van der Waals surface area contributed by atoms with Crippen molar-refractivity contribution in [2.75, 3.05) is 13.2 Å². The van der Waals surface area contributed by atoms with E-state index in [1.807, 2.05) is 32.0 Å². The van der Waals surface area contributed by atoms with Crippen molar-refractivity contribution in [3.05, 3.63) is 29.8 Å². The van der Waals surface area contributed by atoms with Crippen molar-refractivity contribution < 1.29 is 14.3 Å². The van der Waals surface area contributed by atoms with Crippen LogP contribution in [-0.2, 0) is 9.59 Å². The van der Waals surface area contributed by atoms with Crippen LogP contribution in [0.25, 0.3) is 0 Å². The Morgan fingerprint density at radius 2 is 2.05 bits per heavy atom. The standard InChI is InChI=1S/C16H23N3O3/c1-4-8-17-15(20)10-13(3)18-19-16(21)11-22-14-7-5-6-12(2)9-14/h5-7,9H,4,8,10-11H2,1-3H3,(H,17,20)(H,19,21)/b18-13-. The lowest BCUT2D eigenvalue weighted by Crippen LogP contribution is -2.28. The number of hydrazone groups is 1. The van der Waals surface area contributed by atoms with Gasteiger partial charge >= 0.3 is 0 Å². The van der Waals surface area contributed by atoms with Crippen molar-refractivity contribution >= 4 is 17.5 Å². The lowest BCUT2D eigenvalue weighted by molar-refractivity contribution is -0.123. The second-order valence-electron chi connectivity index (χ2n) is 5.01. The second kappa shape index (κ2) is 9.55. The van der Waals surface area contributed by atoms with Gasteiger partial charge in [-0.05, 0) is 38.0 Å². The Kier molecular flexibility index (Phi) is 7.67. The Balaban J connectivity index is 2.32. The molecule has 1 aromatic carbocycles. The molecule has 0 aliphatic carbocycles. The minimum absolute atomic E-state index is 0.103. The van der Waals surface area contributed by atoms with Crippen LogP contribution in [0.15, 0.2) is 29.4 Å². The maximum absolute atomic E-state index is 11.6. The number of nitrogens with one attached hydrogen (secondary N) is 2. The molecule has 0 spiro atoms. The van der Waals surface area contributed by atoms with Gasteiger partial charge in [-0.15, -0.1) is 0 Å². The number of benzene rings is 1. The summed E-state index contributed by atoms with van der Waals surface area (Å²) in [7, 11) is 0. The van der Waals surface area contributed by atoms with Gasteiger partial charge in [0.1, 0.15) is 5.75 Å². The second-order valence-corrected chi connectivity index (χ2v) is 5.01. The molecule has 0 heterocycles. The van der Waals surface area contributed by atoms with Crippen LogP contribution in [-0.4, -0.2) is 30.7 Å². The molecule has 0 bridgehead atoms. The molecule has 0 unspecified atom stereocenters. The largest absolute Gasteiger partial charge is 0.484 e. The summed E-state index contributed by atoms with van der Waals surface area (Å²) in [6.07, 6.45) is 1.05. The molecule has 6 heteroatoms. The molecule has 2 N–H and O–H groups in total. The van der Waals surface area contributed by atoms with Crippen LogP contribution in [0.1, 0.15) is 32.3 Å². The number of hydrogen-bond donors (Lipinski definition) is 2. The molecule has 0 saturated heterocycles. The number of hydrogen-bond acceptors (Lipinski definition) is 4. The number of rotatable bonds is 8. The summed E-state index contributed by atoms with van der Waals surface area (Å²) in [5, 5.41) is 6.62. The Morgan fingerprint density at radius 1 is 1.27 bits per heavy atom. The van der Waals surface area contributed by atoms with E-state index in [2.05, 4.69) is 15.8 Å². The first-order valence-corrected chi connectivity index (χ1v) is 7.29. The van der Waals surface area contributed by atoms with Crippen LogP contribution in [0.5, 0.6) is 5.75 Å². The molecule has 0 radical (unpaired) electrons. The van der Waals surface area contributed by atoms with E-state index >= 15 is 0 Å². The number of ether oxygens (including phenoxy) is 1. The molecule has 22 heavy (non-hydrogen) atoms. The predicted molar refractivity (Wildman–Crippen MR) is 85.8 cm³/mol. The van der Waals surface area contributed by atoms with Crippen LogP contribution >= 0.6 is 0 Å². The van der Waals surface area contributed by atoms with Gasteiger partial charge in [-0.25, -0.2) is 5.43 Å². The molecule has 0 aliphatic rings. The molecular weight excluding hydrogens is 282 g/mol. The number of nitrogens with zero attached hydrogens (tertiary/aromatic N) is 1. The summed E-state index contributed by atoms with van der Waals surface area (Å²) in [5.41, 5.74) is 3.97. The Bertz CT molecular complexity index is 541. The van der Waals surface area contributed by atoms with Crippen molar-refractivity contribution in [1.29, 1.82) is 0 Å². The van der Waals surface area contributed by atoms with Crippen LogP contribution in [0.2, 0.25) is 0 Å². The monoisotopic (exact) mass is 305 g/mol. The summed E-state index contributed by atoms with van der Waals surface area (Å²) in [4.78, 5) is 23.1. The van der Waals surface area contributed by atoms with Crippen LogP contribution < -0.4 is 15.5 Å². The van der Waals surface area contributed by atoms with Crippen molar-refractivity contribution in [3.63, 3.8) is 0 Å². The van der Waals surface area contributed by atoms with Crippen molar-refractivity contribution in [2.24, 2.45) is 5.10 Å². The molecule has 0 aromatic heterocycles. The maximum Gasteiger partial charge on any atom is 0.277 e. The molecule has 1 aromatic rings. The number of carbonyl (C=O) groups excluding carboxylic acids is 2. The Labute approximate surface area is 130 Å². The van der Waals surface area contributed by atoms with Crippen molar-refractivity contribution in [1.82, 2.24) is 10.7 Å². The number of carbonyl (C=O) groups is 2. The predicted octanol–water partition coefficient (Wildman–Crippen LogP) is 1.78. The van der Waals surface area contributed by atoms with Gasteiger partial charge in [-0.3, -0.25) is 9.59 Å². The normalized spacial score (nSPS) is 11.0. The average molecular weight is 305 g/mol. The fourth-order valence-corrected chi connectivity index (χ4v) is 1.64. The molecule has 120 valence electrons. The highest BCUT2D eigenvalue weighted by Gasteiger charge is 2.05. The molecule has 6 nitrogen and oxygen atoms in total. The number of amides is 2. The van der Waals surface area contributed by atoms with E-state index in [1.165, 1.54) is 0 Å². The van der Waals surface area contributed by atoms with Crippen LogP contribution in [0, 0.1) is 6.92 Å². The van der Waals surface area contributed by atoms with Crippen LogP contribution in [0.4, 0.5) is 0 Å². The van der Waals surface area contributed by atoms with E-state index in [1.54, 1.807) is 13.0 Å². The van der Waals surface area contributed by atoms with Gasteiger partial charge in [0, 0.05) is 12.3 Å². The van der Waals surface area contributed by atoms with Crippen molar-refractivity contribution in [2.45, 2.75) is 33.6 Å². The van der Waals surface area contributed by atoms with Gasteiger partial charge in [0.05, 0.1) is 6.42 Å². The summed E-state index contributed by atoms with van der Waals surface area (Å²) in [5.74, 6) is 0.165. The van der Waals surface area contributed by atoms with Crippen molar-refractivity contribution in [3.8, 4) is 5.75 Å². The molecule has 0 atom stereocenters. The topological polar surface area (TPSA) is 79.8 Å². The molecule has 0 saturated carbocycles. The van der Waals surface area contributed by atoms with E-state index in [-0.39, 0.29) is 24.8 Å². The van der Waals surface area contributed by atoms with Gasteiger partial charge in [0.15, 0.2) is 6.61 Å². The van der Waals surface area contributed by atoms with E-state index < -0.39 is 0 Å². The first-order chi connectivity index (χ1) is 10.5. The summed E-state index contributed by atoms with van der Waals surface area (Å²) in [6, 6.07) is 7.44. The minimum Gasteiger partial charge on any atom is -0.484 e. The summed E-state index contributed by atoms with van der Waals surface area (Å²) < 4.78 is 5.35. The van der Waals surface area contributed by atoms with E-state index in [0.29, 0.717) is 18.0 Å². The molecular formula is C16H23N3O3. The quantitative estimate of drug-likeness (QED) is 0.567. The van der Waals surface area contributed by atoms with E-state index in [9.17, 15) is 9.59 Å². The first-order valence-electron chi connectivity index (χ1n) is 7.29. The zero-order valence-corrected chi connectivity index (χ0v) is 13.3. The van der Waals surface area contributed by atoms with Gasteiger partial charge in [0.2, 0.25) is 5.91 Å². The summed E-state index contributed by atoms with van der Waals surface area (Å²) >= 11 is 0. The highest BCUT2D eigenvalue weighted by Crippen LogP contribution is 2.11. The fourth-order valence-electron chi connectivity index (χ4n) is 1.64. The van der Waals surface area contributed by atoms with E-state index in [4.69, 9.17) is 4.74 Å². The third kappa shape index (κ3) is 7.42. The van der Waals surface area contributed by atoms with Gasteiger partial charge < -0.3 is 10.1 Å². The van der Waals surface area contributed by atoms with E-state index in [0.717, 1.165) is 12.0 Å². The SMILES string of the molecule is CCCNC(=O)C/C(C)=N\NC(=O)COc1cccc(C)c1. The molecule has 0 fully saturated rings. The Morgan fingerprint density at radius 3 is 2.73 bits per heavy atom.